The molecular formula is C48H42N2O2. The SMILES string of the molecule is C=C/C=C\C=C/C(c1ccccc1)(c1ccc(N/C=C\C=C)cc1OC)c1c(O)cccc1C1=Cc2c(n(-c3ccccc3)c3ccccc23)CC1. The first-order valence-corrected chi connectivity index (χ1v) is 17.6. The van der Waals surface area contributed by atoms with Crippen LogP contribution in [0, 0.1) is 0 Å². The van der Waals surface area contributed by atoms with Crippen LogP contribution in [0.15, 0.2) is 183 Å². The Bertz CT molecular complexity index is 2360. The average molecular weight is 679 g/mol. The molecule has 0 saturated heterocycles. The standard InChI is InChI=1S/C48H42N2O2/c1-4-6-8-17-31-48(36-19-11-9-12-20-36,42-29-28-37(34-46(42)52-3)49-32-7-5-2)47-39(24-18-26-45(47)51)35-27-30-44-41(33-35)40-23-15-16-25-43(40)50(44)38-21-13-10-14-22-38/h4-26,28-29,31-34,49,51H,1-2,27,30H2,3H3/b8-6-,31-17-,32-7-. The molecule has 0 saturated carbocycles. The molecule has 0 aliphatic heterocycles. The zero-order chi connectivity index (χ0) is 35.9. The lowest BCUT2D eigenvalue weighted by atomic mass is 9.66. The normalized spacial score (nSPS) is 14.0. The molecule has 6 aromatic rings. The Morgan fingerprint density at radius 2 is 1.52 bits per heavy atom. The minimum atomic E-state index is -0.965. The fourth-order valence-electron chi connectivity index (χ4n) is 7.60. The van der Waals surface area contributed by atoms with Crippen molar-refractivity contribution in [1.82, 2.24) is 4.57 Å². The molecule has 0 fully saturated rings. The number of methoxy groups -OCH3 is 1. The molecule has 1 atom stereocenters. The number of nitrogens with one attached hydrogen (secondary N) is 1. The van der Waals surface area contributed by atoms with Crippen molar-refractivity contribution >= 4 is 28.2 Å². The maximum atomic E-state index is 12.2. The predicted octanol–water partition coefficient (Wildman–Crippen LogP) is 11.6. The average Bonchev–Trinajstić information content (AvgIpc) is 3.53. The summed E-state index contributed by atoms with van der Waals surface area (Å²) >= 11 is 0. The molecule has 5 aromatic carbocycles. The number of aromatic hydroxyl groups is 1. The zero-order valence-corrected chi connectivity index (χ0v) is 29.4. The van der Waals surface area contributed by atoms with Crippen LogP contribution >= 0.6 is 0 Å². The van der Waals surface area contributed by atoms with Gasteiger partial charge in [-0.05, 0) is 72.0 Å². The number of nitrogens with zero attached hydrogens (tertiary/aromatic N) is 1. The summed E-state index contributed by atoms with van der Waals surface area (Å²) in [4.78, 5) is 0. The van der Waals surface area contributed by atoms with E-state index in [4.69, 9.17) is 4.74 Å². The van der Waals surface area contributed by atoms with Crippen molar-refractivity contribution in [3.05, 3.63) is 217 Å². The lowest BCUT2D eigenvalue weighted by molar-refractivity contribution is 0.404. The van der Waals surface area contributed by atoms with E-state index in [0.29, 0.717) is 5.75 Å². The molecule has 4 nitrogen and oxygen atoms in total. The fraction of sp³-hybridized carbons (Fsp3) is 0.0833. The van der Waals surface area contributed by atoms with Crippen LogP contribution < -0.4 is 10.1 Å². The molecule has 4 heteroatoms. The second kappa shape index (κ2) is 15.2. The van der Waals surface area contributed by atoms with Gasteiger partial charge in [0.05, 0.1) is 18.0 Å². The number of fused-ring (bicyclic) bond motifs is 3. The minimum absolute atomic E-state index is 0.204. The van der Waals surface area contributed by atoms with Gasteiger partial charge >= 0.3 is 0 Å². The number of para-hydroxylation sites is 2. The Kier molecular flexibility index (Phi) is 9.90. The molecule has 1 aromatic heterocycles. The van der Waals surface area contributed by atoms with E-state index in [1.54, 1.807) is 25.3 Å². The summed E-state index contributed by atoms with van der Waals surface area (Å²) < 4.78 is 8.58. The molecule has 52 heavy (non-hydrogen) atoms. The maximum absolute atomic E-state index is 12.2. The van der Waals surface area contributed by atoms with Gasteiger partial charge in [-0.15, -0.1) is 0 Å². The van der Waals surface area contributed by atoms with Crippen molar-refractivity contribution in [3.63, 3.8) is 0 Å². The van der Waals surface area contributed by atoms with Gasteiger partial charge in [0.2, 0.25) is 0 Å². The van der Waals surface area contributed by atoms with E-state index in [9.17, 15) is 5.11 Å². The zero-order valence-electron chi connectivity index (χ0n) is 29.4. The number of ether oxygens (including phenoxy) is 1. The van der Waals surface area contributed by atoms with Crippen molar-refractivity contribution in [1.29, 1.82) is 0 Å². The molecule has 1 aliphatic carbocycles. The van der Waals surface area contributed by atoms with E-state index < -0.39 is 5.41 Å². The maximum Gasteiger partial charge on any atom is 0.125 e. The minimum Gasteiger partial charge on any atom is -0.508 e. The van der Waals surface area contributed by atoms with Crippen LogP contribution in [0.1, 0.15) is 39.9 Å². The van der Waals surface area contributed by atoms with E-state index in [-0.39, 0.29) is 5.75 Å². The topological polar surface area (TPSA) is 46.4 Å². The van der Waals surface area contributed by atoms with Gasteiger partial charge < -0.3 is 19.7 Å². The summed E-state index contributed by atoms with van der Waals surface area (Å²) in [5.41, 5.74) is 9.56. The highest BCUT2D eigenvalue weighted by molar-refractivity contribution is 5.99. The van der Waals surface area contributed by atoms with Crippen LogP contribution in [0.3, 0.4) is 0 Å². The molecular weight excluding hydrogens is 637 g/mol. The molecule has 1 unspecified atom stereocenters. The van der Waals surface area contributed by atoms with Gasteiger partial charge in [0, 0.05) is 51.4 Å². The Morgan fingerprint density at radius 1 is 0.769 bits per heavy atom. The number of aromatic nitrogens is 1. The Morgan fingerprint density at radius 3 is 2.29 bits per heavy atom. The van der Waals surface area contributed by atoms with E-state index in [2.05, 4.69) is 114 Å². The van der Waals surface area contributed by atoms with Crippen LogP contribution in [-0.2, 0) is 11.8 Å². The lowest BCUT2D eigenvalue weighted by Crippen LogP contribution is -2.29. The van der Waals surface area contributed by atoms with Crippen LogP contribution in [-0.4, -0.2) is 16.8 Å². The first kappa shape index (κ1) is 34.0. The first-order chi connectivity index (χ1) is 25.6. The molecule has 0 amide bonds. The fourth-order valence-corrected chi connectivity index (χ4v) is 7.60. The molecule has 1 aliphatic rings. The highest BCUT2D eigenvalue weighted by Gasteiger charge is 2.41. The third-order valence-corrected chi connectivity index (χ3v) is 9.81. The highest BCUT2D eigenvalue weighted by atomic mass is 16.5. The van der Waals surface area contributed by atoms with E-state index in [0.717, 1.165) is 52.0 Å². The number of phenols is 1. The summed E-state index contributed by atoms with van der Waals surface area (Å²) in [6.45, 7) is 7.66. The molecule has 2 N–H and O–H groups in total. The molecule has 0 radical (unpaired) electrons. The van der Waals surface area contributed by atoms with Crippen molar-refractivity contribution in [3.8, 4) is 17.2 Å². The Hall–Kier alpha value is -6.52. The van der Waals surface area contributed by atoms with Gasteiger partial charge in [-0.25, -0.2) is 0 Å². The number of anilines is 1. The van der Waals surface area contributed by atoms with Crippen LogP contribution in [0.2, 0.25) is 0 Å². The first-order valence-electron chi connectivity index (χ1n) is 17.6. The second-order valence-electron chi connectivity index (χ2n) is 12.7. The second-order valence-corrected chi connectivity index (χ2v) is 12.7. The van der Waals surface area contributed by atoms with Crippen molar-refractivity contribution in [2.45, 2.75) is 18.3 Å². The number of hydrogen-bond donors (Lipinski definition) is 2. The van der Waals surface area contributed by atoms with Crippen LogP contribution in [0.4, 0.5) is 5.69 Å². The van der Waals surface area contributed by atoms with Crippen molar-refractivity contribution < 1.29 is 9.84 Å². The van der Waals surface area contributed by atoms with E-state index in [1.807, 2.05) is 66.9 Å². The van der Waals surface area contributed by atoms with Gasteiger partial charge in [0.1, 0.15) is 11.5 Å². The molecule has 1 heterocycles. The number of benzene rings is 5. The summed E-state index contributed by atoms with van der Waals surface area (Å²) in [7, 11) is 1.69. The number of allylic oxidation sites excluding steroid dienone is 8. The Labute approximate surface area is 306 Å². The molecule has 7 rings (SSSR count). The van der Waals surface area contributed by atoms with Gasteiger partial charge in [0.25, 0.3) is 0 Å². The van der Waals surface area contributed by atoms with Crippen molar-refractivity contribution in [2.75, 3.05) is 12.4 Å². The summed E-state index contributed by atoms with van der Waals surface area (Å²) in [5, 5.41) is 16.7. The smallest absolute Gasteiger partial charge is 0.125 e. The lowest BCUT2D eigenvalue weighted by Gasteiger charge is -2.37. The predicted molar refractivity (Wildman–Crippen MR) is 218 cm³/mol. The van der Waals surface area contributed by atoms with Gasteiger partial charge in [-0.1, -0.05) is 135 Å². The number of hydrogen-bond acceptors (Lipinski definition) is 3. The Balaban J connectivity index is 1.52. The van der Waals surface area contributed by atoms with Gasteiger partial charge in [0.15, 0.2) is 0 Å². The quantitative estimate of drug-likeness (QED) is 0.100. The van der Waals surface area contributed by atoms with Gasteiger partial charge in [-0.3, -0.25) is 0 Å². The number of rotatable bonds is 12. The molecule has 0 bridgehead atoms. The van der Waals surface area contributed by atoms with E-state index >= 15 is 0 Å². The number of phenolic OH excluding ortho intramolecular Hbond substituents is 1. The summed E-state index contributed by atoms with van der Waals surface area (Å²) in [6.07, 6.45) is 19.2. The molecule has 256 valence electrons. The molecule has 0 spiro atoms. The van der Waals surface area contributed by atoms with Gasteiger partial charge in [-0.2, -0.15) is 0 Å². The van der Waals surface area contributed by atoms with Crippen molar-refractivity contribution in [2.24, 2.45) is 0 Å². The highest BCUT2D eigenvalue weighted by Crippen LogP contribution is 2.52. The summed E-state index contributed by atoms with van der Waals surface area (Å²) in [6, 6.07) is 41.6. The third kappa shape index (κ3) is 6.20. The monoisotopic (exact) mass is 678 g/mol. The largest absolute Gasteiger partial charge is 0.508 e. The third-order valence-electron chi connectivity index (χ3n) is 9.81. The summed E-state index contributed by atoms with van der Waals surface area (Å²) in [5.74, 6) is 0.883. The van der Waals surface area contributed by atoms with E-state index in [1.165, 1.54) is 22.2 Å². The van der Waals surface area contributed by atoms with Crippen LogP contribution in [0.25, 0.3) is 28.2 Å². The van der Waals surface area contributed by atoms with Crippen LogP contribution in [0.5, 0.6) is 11.5 Å².